The van der Waals surface area contributed by atoms with Crippen LogP contribution >= 0.6 is 0 Å². The molecule has 1 aromatic carbocycles. The van der Waals surface area contributed by atoms with Crippen LogP contribution in [0, 0.1) is 24.7 Å². The van der Waals surface area contributed by atoms with Gasteiger partial charge in [-0.3, -0.25) is 43.3 Å². The molecular formula is C43H66N8O10. The average molecular weight is 855 g/mol. The number of aliphatic hydroxyl groups excluding tert-OH is 1. The van der Waals surface area contributed by atoms with Crippen molar-refractivity contribution in [3.05, 3.63) is 35.4 Å². The number of carbonyl (C=O) groups is 8. The molecule has 5 rings (SSSR count). The van der Waals surface area contributed by atoms with Gasteiger partial charge < -0.3 is 47.0 Å². The van der Waals surface area contributed by atoms with Gasteiger partial charge in [0.25, 0.3) is 0 Å². The van der Waals surface area contributed by atoms with Crippen LogP contribution in [0.2, 0.25) is 0 Å². The quantitative estimate of drug-likeness (QED) is 0.142. The van der Waals surface area contributed by atoms with Crippen molar-refractivity contribution < 1.29 is 48.6 Å². The third kappa shape index (κ3) is 13.7. The number of hydrogen-bond donors (Lipinski definition) is 8. The number of piperidine rings is 1. The second-order valence-electron chi connectivity index (χ2n) is 17.7. The Balaban J connectivity index is 1.76. The lowest BCUT2D eigenvalue weighted by molar-refractivity contribution is -0.142. The summed E-state index contributed by atoms with van der Waals surface area (Å²) in [6.07, 6.45) is -0.641. The van der Waals surface area contributed by atoms with Gasteiger partial charge in [0, 0.05) is 32.0 Å². The summed E-state index contributed by atoms with van der Waals surface area (Å²) in [6.45, 7) is 13.3. The van der Waals surface area contributed by atoms with Gasteiger partial charge in [0.1, 0.15) is 30.2 Å². The van der Waals surface area contributed by atoms with E-state index in [1.807, 2.05) is 58.9 Å². The second kappa shape index (κ2) is 22.1. The molecule has 4 fully saturated rings. The van der Waals surface area contributed by atoms with Crippen LogP contribution in [0.4, 0.5) is 0 Å². The Morgan fingerprint density at radius 3 is 1.95 bits per heavy atom. The van der Waals surface area contributed by atoms with Crippen molar-refractivity contribution in [1.82, 2.24) is 41.7 Å². The van der Waals surface area contributed by atoms with Gasteiger partial charge in [-0.05, 0) is 76.8 Å². The number of amides is 7. The summed E-state index contributed by atoms with van der Waals surface area (Å²) in [6, 6.07) is -0.854. The fourth-order valence-corrected chi connectivity index (χ4v) is 8.19. The van der Waals surface area contributed by atoms with E-state index in [0.717, 1.165) is 11.1 Å². The molecular weight excluding hydrogens is 789 g/mol. The fourth-order valence-electron chi connectivity index (χ4n) is 8.19. The van der Waals surface area contributed by atoms with Crippen molar-refractivity contribution in [2.75, 3.05) is 26.2 Å². The molecule has 0 aromatic heterocycles. The highest BCUT2D eigenvalue weighted by Gasteiger charge is 2.44. The summed E-state index contributed by atoms with van der Waals surface area (Å²) in [5, 5.41) is 36.7. The number of aryl methyl sites for hydroxylation is 1. The molecule has 4 aliphatic rings. The van der Waals surface area contributed by atoms with E-state index in [1.54, 1.807) is 16.7 Å². The van der Waals surface area contributed by atoms with Gasteiger partial charge in [-0.15, -0.1) is 0 Å². The van der Waals surface area contributed by atoms with Crippen LogP contribution in [-0.2, 0) is 44.8 Å². The first-order valence-corrected chi connectivity index (χ1v) is 21.5. The zero-order valence-corrected chi connectivity index (χ0v) is 36.5. The van der Waals surface area contributed by atoms with Crippen LogP contribution in [0.15, 0.2) is 24.3 Å². The number of aliphatic carboxylic acids is 1. The summed E-state index contributed by atoms with van der Waals surface area (Å²) in [5.74, 6) is -6.55. The molecule has 0 aliphatic carbocycles. The molecule has 0 saturated carbocycles. The Morgan fingerprint density at radius 1 is 0.754 bits per heavy atom. The fraction of sp³-hybridized carbons (Fsp3) is 0.674. The zero-order chi connectivity index (χ0) is 45.1. The van der Waals surface area contributed by atoms with E-state index >= 15 is 0 Å². The number of benzene rings is 1. The standard InChI is InChI=1S/C43H66N8O10/c1-23(2)19-30-38(56)47-31(21-34(53)54)39(57)49-35(27(7)52)41(59)45-26(6)36(42(60)44-22-24(3)4)51-16-8-9-33(51)40(58)48-32(20-28-12-10-25(5)11-13-28)43(61)50-17-14-29(15-18-50)37(55)46-30/h10-13,23-24,26-27,29-33,35-36,52H,8-9,14-22H2,1-7H3,(H,44,60)(H,45,59)(H,46,55)(H,47,56)(H,48,58)(H,49,57)(H,53,54)/t26-,27+,30-,31-,32-,33-,35-,36-/m0/s1. The summed E-state index contributed by atoms with van der Waals surface area (Å²) in [5.41, 5.74) is 1.85. The Labute approximate surface area is 358 Å². The predicted octanol–water partition coefficient (Wildman–Crippen LogP) is -0.260. The Kier molecular flexibility index (Phi) is 17.6. The number of fused-ring (bicyclic) bond motifs is 17. The molecule has 18 heteroatoms. The number of nitrogens with one attached hydrogen (secondary N) is 6. The lowest BCUT2D eigenvalue weighted by Crippen LogP contribution is -2.64. The zero-order valence-electron chi connectivity index (χ0n) is 36.5. The lowest BCUT2D eigenvalue weighted by atomic mass is 9.93. The minimum atomic E-state index is -1.70. The first-order chi connectivity index (χ1) is 28.7. The first-order valence-electron chi connectivity index (χ1n) is 21.5. The largest absolute Gasteiger partial charge is 0.481 e. The number of carboxylic acid groups (broad SMARTS) is 1. The summed E-state index contributed by atoms with van der Waals surface area (Å²) in [4.78, 5) is 113. The van der Waals surface area contributed by atoms with Crippen molar-refractivity contribution in [2.45, 2.75) is 142 Å². The summed E-state index contributed by atoms with van der Waals surface area (Å²) < 4.78 is 0. The van der Waals surface area contributed by atoms with Gasteiger partial charge in [0.2, 0.25) is 41.4 Å². The normalized spacial score (nSPS) is 28.3. The van der Waals surface area contributed by atoms with Crippen LogP contribution in [0.5, 0.6) is 0 Å². The maximum atomic E-state index is 14.4. The monoisotopic (exact) mass is 854 g/mol. The van der Waals surface area contributed by atoms with Crippen molar-refractivity contribution in [2.24, 2.45) is 17.8 Å². The highest BCUT2D eigenvalue weighted by Crippen LogP contribution is 2.25. The van der Waals surface area contributed by atoms with Crippen LogP contribution in [-0.4, -0.2) is 142 Å². The molecule has 18 nitrogen and oxygen atoms in total. The van der Waals surface area contributed by atoms with E-state index in [2.05, 4.69) is 31.9 Å². The minimum absolute atomic E-state index is 0.0686. The van der Waals surface area contributed by atoms with Crippen LogP contribution in [0.3, 0.4) is 0 Å². The molecule has 4 heterocycles. The Hall–Kier alpha value is -5.10. The minimum Gasteiger partial charge on any atom is -0.481 e. The van der Waals surface area contributed by atoms with Gasteiger partial charge in [0.05, 0.1) is 24.6 Å². The highest BCUT2D eigenvalue weighted by atomic mass is 16.4. The molecule has 2 bridgehead atoms. The SMILES string of the molecule is Cc1ccc(C[C@@H]2NC(=O)[C@@H]3CCCN3[C@H](C(=O)NCC(C)C)[C@H](C)NC(=O)[C@H]([C@@H](C)O)NC(=O)[C@H](CC(=O)O)NC(=O)[C@H](CC(C)C)NC(=O)C3CCN(CC3)C2=O)cc1. The predicted molar refractivity (Wildman–Crippen MR) is 224 cm³/mol. The average Bonchev–Trinajstić information content (AvgIpc) is 3.67. The smallest absolute Gasteiger partial charge is 0.305 e. The number of carboxylic acids is 1. The number of hydrogen-bond acceptors (Lipinski definition) is 10. The maximum absolute atomic E-state index is 14.4. The summed E-state index contributed by atoms with van der Waals surface area (Å²) in [7, 11) is 0. The molecule has 338 valence electrons. The second-order valence-corrected chi connectivity index (χ2v) is 17.7. The topological polar surface area (TPSA) is 256 Å². The van der Waals surface area contributed by atoms with Crippen molar-refractivity contribution in [1.29, 1.82) is 0 Å². The van der Waals surface area contributed by atoms with Crippen LogP contribution in [0.1, 0.15) is 91.2 Å². The lowest BCUT2D eigenvalue weighted by Gasteiger charge is -2.37. The van der Waals surface area contributed by atoms with Gasteiger partial charge in [-0.25, -0.2) is 0 Å². The number of rotatable bonds is 10. The van der Waals surface area contributed by atoms with Crippen molar-refractivity contribution in [3.8, 4) is 0 Å². The van der Waals surface area contributed by atoms with Gasteiger partial charge in [-0.2, -0.15) is 0 Å². The van der Waals surface area contributed by atoms with E-state index < -0.39 is 102 Å². The molecule has 7 amide bonds. The molecule has 4 saturated heterocycles. The number of nitrogens with zero attached hydrogens (tertiary/aromatic N) is 2. The maximum Gasteiger partial charge on any atom is 0.305 e. The number of carbonyl (C=O) groups excluding carboxylic acids is 7. The molecule has 0 unspecified atom stereocenters. The van der Waals surface area contributed by atoms with E-state index in [4.69, 9.17) is 0 Å². The van der Waals surface area contributed by atoms with Gasteiger partial charge in [-0.1, -0.05) is 57.5 Å². The van der Waals surface area contributed by atoms with Gasteiger partial charge in [0.15, 0.2) is 0 Å². The summed E-state index contributed by atoms with van der Waals surface area (Å²) >= 11 is 0. The molecule has 1 aromatic rings. The Bertz CT molecular complexity index is 1750. The molecule has 61 heavy (non-hydrogen) atoms. The Morgan fingerprint density at radius 2 is 1.36 bits per heavy atom. The van der Waals surface area contributed by atoms with Crippen LogP contribution < -0.4 is 31.9 Å². The van der Waals surface area contributed by atoms with Crippen molar-refractivity contribution in [3.63, 3.8) is 0 Å². The molecule has 0 spiro atoms. The first kappa shape index (κ1) is 48.6. The van der Waals surface area contributed by atoms with Crippen LogP contribution in [0.25, 0.3) is 0 Å². The third-order valence-corrected chi connectivity index (χ3v) is 11.5. The van der Waals surface area contributed by atoms with E-state index in [-0.39, 0.29) is 56.5 Å². The molecule has 4 aliphatic heterocycles. The van der Waals surface area contributed by atoms with Gasteiger partial charge >= 0.3 is 5.97 Å². The van der Waals surface area contributed by atoms with E-state index in [0.29, 0.717) is 25.9 Å². The third-order valence-electron chi connectivity index (χ3n) is 11.5. The van der Waals surface area contributed by atoms with Crippen molar-refractivity contribution >= 4 is 47.3 Å². The van der Waals surface area contributed by atoms with E-state index in [1.165, 1.54) is 6.92 Å². The molecule has 8 N–H and O–H groups in total. The number of aliphatic hydroxyl groups is 1. The van der Waals surface area contributed by atoms with E-state index in [9.17, 15) is 48.6 Å². The molecule has 0 radical (unpaired) electrons. The highest BCUT2D eigenvalue weighted by molar-refractivity contribution is 5.97. The molecule has 8 atom stereocenters.